The lowest BCUT2D eigenvalue weighted by Crippen LogP contribution is -2.51. The molecule has 1 fully saturated rings. The molecule has 0 saturated carbocycles. The van der Waals surface area contributed by atoms with Gasteiger partial charge in [-0.1, -0.05) is 60.7 Å². The van der Waals surface area contributed by atoms with Crippen LogP contribution in [0.5, 0.6) is 0 Å². The van der Waals surface area contributed by atoms with Crippen LogP contribution in [0.2, 0.25) is 0 Å². The summed E-state index contributed by atoms with van der Waals surface area (Å²) in [6.07, 6.45) is 0. The number of carbonyl (C=O) groups excluding carboxylic acids is 2. The third kappa shape index (κ3) is 3.59. The number of carbonyl (C=O) groups is 2. The standard InChI is InChI=1S/C27H27N3O2S/c1-19-11-7-8-12-20(19)17-29-23-16-10-9-15-22(23)27(24(29)31)30(18-26(2,3)33-27)25(32)28-21-13-5-4-6-14-21/h4-16H,17-18H2,1-3H3,(H,28,32)/t27-/m1/s1. The highest BCUT2D eigenvalue weighted by Crippen LogP contribution is 2.59. The zero-order valence-corrected chi connectivity index (χ0v) is 19.9. The number of rotatable bonds is 3. The van der Waals surface area contributed by atoms with E-state index in [1.807, 2.05) is 71.6 Å². The Hall–Kier alpha value is -3.25. The second kappa shape index (κ2) is 7.96. The smallest absolute Gasteiger partial charge is 0.308 e. The summed E-state index contributed by atoms with van der Waals surface area (Å²) in [7, 11) is 0. The molecule has 5 rings (SSSR count). The molecule has 5 nitrogen and oxygen atoms in total. The molecule has 168 valence electrons. The van der Waals surface area contributed by atoms with Gasteiger partial charge in [0.1, 0.15) is 0 Å². The summed E-state index contributed by atoms with van der Waals surface area (Å²) >= 11 is 1.57. The summed E-state index contributed by atoms with van der Waals surface area (Å²) in [5.41, 5.74) is 4.70. The van der Waals surface area contributed by atoms with Gasteiger partial charge in [-0.3, -0.25) is 9.69 Å². The number of nitrogens with zero attached hydrogens (tertiary/aromatic N) is 2. The van der Waals surface area contributed by atoms with Crippen molar-refractivity contribution in [3.8, 4) is 0 Å². The maximum atomic E-state index is 14.2. The molecule has 2 heterocycles. The molecule has 0 unspecified atom stereocenters. The fourth-order valence-corrected chi connectivity index (χ4v) is 6.52. The third-order valence-corrected chi connectivity index (χ3v) is 7.89. The monoisotopic (exact) mass is 457 g/mol. The lowest BCUT2D eigenvalue weighted by molar-refractivity contribution is -0.123. The van der Waals surface area contributed by atoms with Crippen LogP contribution in [0, 0.1) is 6.92 Å². The molecule has 1 saturated heterocycles. The van der Waals surface area contributed by atoms with E-state index in [1.165, 1.54) is 0 Å². The Balaban J connectivity index is 1.58. The summed E-state index contributed by atoms with van der Waals surface area (Å²) < 4.78 is -0.282. The van der Waals surface area contributed by atoms with Crippen LogP contribution in [0.15, 0.2) is 78.9 Å². The minimum Gasteiger partial charge on any atom is -0.308 e. The number of amides is 3. The molecule has 0 aliphatic carbocycles. The first kappa shape index (κ1) is 21.6. The molecule has 1 spiro atoms. The van der Waals surface area contributed by atoms with Gasteiger partial charge in [-0.2, -0.15) is 0 Å². The first-order valence-corrected chi connectivity index (χ1v) is 11.9. The van der Waals surface area contributed by atoms with Crippen LogP contribution in [0.1, 0.15) is 30.5 Å². The van der Waals surface area contributed by atoms with Gasteiger partial charge in [0.2, 0.25) is 0 Å². The molecule has 1 N–H and O–H groups in total. The molecule has 0 aromatic heterocycles. The van der Waals surface area contributed by atoms with E-state index in [9.17, 15) is 9.59 Å². The van der Waals surface area contributed by atoms with Crippen LogP contribution in [0.4, 0.5) is 16.2 Å². The number of hydrogen-bond donors (Lipinski definition) is 1. The number of fused-ring (bicyclic) bond motifs is 2. The number of hydrogen-bond acceptors (Lipinski definition) is 3. The summed E-state index contributed by atoms with van der Waals surface area (Å²) in [5.74, 6) is -0.0641. The van der Waals surface area contributed by atoms with E-state index >= 15 is 0 Å². The fourth-order valence-electron chi connectivity index (χ4n) is 4.78. The summed E-state index contributed by atoms with van der Waals surface area (Å²) in [5, 5.41) is 3.00. The Kier molecular flexibility index (Phi) is 5.20. The van der Waals surface area contributed by atoms with E-state index in [2.05, 4.69) is 38.2 Å². The van der Waals surface area contributed by atoms with Crippen LogP contribution in [0.3, 0.4) is 0 Å². The highest BCUT2D eigenvalue weighted by atomic mass is 32.2. The van der Waals surface area contributed by atoms with Crippen molar-refractivity contribution in [2.24, 2.45) is 0 Å². The molecular formula is C27H27N3O2S. The van der Waals surface area contributed by atoms with E-state index in [4.69, 9.17) is 0 Å². The molecule has 2 aliphatic heterocycles. The van der Waals surface area contributed by atoms with E-state index in [1.54, 1.807) is 16.7 Å². The molecule has 0 bridgehead atoms. The van der Waals surface area contributed by atoms with Crippen LogP contribution >= 0.6 is 11.8 Å². The van der Waals surface area contributed by atoms with E-state index in [0.29, 0.717) is 18.8 Å². The zero-order chi connectivity index (χ0) is 23.2. The van der Waals surface area contributed by atoms with Crippen molar-refractivity contribution in [2.45, 2.75) is 36.9 Å². The van der Waals surface area contributed by atoms with Crippen LogP contribution < -0.4 is 10.2 Å². The number of nitrogens with one attached hydrogen (secondary N) is 1. The fraction of sp³-hybridized carbons (Fsp3) is 0.259. The van der Waals surface area contributed by atoms with Crippen molar-refractivity contribution in [1.29, 1.82) is 0 Å². The number of anilines is 2. The summed E-state index contributed by atoms with van der Waals surface area (Å²) in [6.45, 7) is 7.18. The minimum absolute atomic E-state index is 0.0641. The maximum Gasteiger partial charge on any atom is 0.323 e. The minimum atomic E-state index is -1.10. The molecule has 33 heavy (non-hydrogen) atoms. The second-order valence-electron chi connectivity index (χ2n) is 9.22. The number of aryl methyl sites for hydroxylation is 1. The Bertz CT molecular complexity index is 1230. The number of thioether (sulfide) groups is 1. The topological polar surface area (TPSA) is 52.7 Å². The van der Waals surface area contributed by atoms with Crippen molar-refractivity contribution in [3.63, 3.8) is 0 Å². The highest BCUT2D eigenvalue weighted by Gasteiger charge is 2.63. The van der Waals surface area contributed by atoms with Gasteiger partial charge in [0.15, 0.2) is 4.87 Å². The van der Waals surface area contributed by atoms with Gasteiger partial charge in [-0.15, -0.1) is 11.8 Å². The van der Waals surface area contributed by atoms with E-state index in [-0.39, 0.29) is 16.7 Å². The zero-order valence-electron chi connectivity index (χ0n) is 19.0. The molecular weight excluding hydrogens is 430 g/mol. The molecule has 3 amide bonds. The lowest BCUT2D eigenvalue weighted by atomic mass is 10.1. The average molecular weight is 458 g/mol. The highest BCUT2D eigenvalue weighted by molar-refractivity contribution is 8.02. The number of para-hydroxylation sites is 2. The molecule has 1 atom stereocenters. The third-order valence-electron chi connectivity index (χ3n) is 6.30. The van der Waals surface area contributed by atoms with Gasteiger partial charge in [0, 0.05) is 22.5 Å². The summed E-state index contributed by atoms with van der Waals surface area (Å²) in [6, 6.07) is 25.1. The number of urea groups is 1. The van der Waals surface area contributed by atoms with Crippen molar-refractivity contribution in [1.82, 2.24) is 4.90 Å². The quantitative estimate of drug-likeness (QED) is 0.545. The van der Waals surface area contributed by atoms with Gasteiger partial charge < -0.3 is 10.2 Å². The second-order valence-corrected chi connectivity index (χ2v) is 11.1. The van der Waals surface area contributed by atoms with Gasteiger partial charge >= 0.3 is 6.03 Å². The first-order valence-electron chi connectivity index (χ1n) is 11.1. The van der Waals surface area contributed by atoms with Crippen molar-refractivity contribution in [3.05, 3.63) is 95.6 Å². The summed E-state index contributed by atoms with van der Waals surface area (Å²) in [4.78, 5) is 30.3. The SMILES string of the molecule is Cc1ccccc1CN1C(=O)[C@]2(SC(C)(C)CN2C(=O)Nc2ccccc2)c2ccccc21. The van der Waals surface area contributed by atoms with Crippen LogP contribution in [-0.4, -0.2) is 28.1 Å². The van der Waals surface area contributed by atoms with Gasteiger partial charge in [-0.05, 0) is 50.1 Å². The Labute approximate surface area is 198 Å². The average Bonchev–Trinajstić information content (AvgIpc) is 3.22. The Morgan fingerprint density at radius 3 is 2.39 bits per heavy atom. The molecule has 0 radical (unpaired) electrons. The van der Waals surface area contributed by atoms with Crippen LogP contribution in [-0.2, 0) is 16.2 Å². The van der Waals surface area contributed by atoms with E-state index < -0.39 is 4.87 Å². The van der Waals surface area contributed by atoms with Gasteiger partial charge in [-0.25, -0.2) is 4.79 Å². The maximum absolute atomic E-state index is 14.2. The van der Waals surface area contributed by atoms with Gasteiger partial charge in [0.05, 0.1) is 12.2 Å². The Morgan fingerprint density at radius 2 is 1.64 bits per heavy atom. The largest absolute Gasteiger partial charge is 0.323 e. The van der Waals surface area contributed by atoms with Crippen molar-refractivity contribution < 1.29 is 9.59 Å². The van der Waals surface area contributed by atoms with Crippen LogP contribution in [0.25, 0.3) is 0 Å². The lowest BCUT2D eigenvalue weighted by Gasteiger charge is -2.33. The number of benzene rings is 3. The normalized spacial score (nSPS) is 20.9. The molecule has 3 aromatic carbocycles. The van der Waals surface area contributed by atoms with E-state index in [0.717, 1.165) is 22.4 Å². The predicted molar refractivity (Wildman–Crippen MR) is 134 cm³/mol. The molecule has 6 heteroatoms. The Morgan fingerprint density at radius 1 is 0.970 bits per heavy atom. The molecule has 3 aromatic rings. The predicted octanol–water partition coefficient (Wildman–Crippen LogP) is 5.75. The van der Waals surface area contributed by atoms with Crippen molar-refractivity contribution in [2.75, 3.05) is 16.8 Å². The van der Waals surface area contributed by atoms with Crippen molar-refractivity contribution >= 4 is 35.1 Å². The molecule has 2 aliphatic rings. The first-order chi connectivity index (χ1) is 15.8. The van der Waals surface area contributed by atoms with Gasteiger partial charge in [0.25, 0.3) is 5.91 Å².